The summed E-state index contributed by atoms with van der Waals surface area (Å²) >= 11 is 0. The fourth-order valence-corrected chi connectivity index (χ4v) is 3.32. The second kappa shape index (κ2) is 6.29. The summed E-state index contributed by atoms with van der Waals surface area (Å²) in [7, 11) is 2.84. The van der Waals surface area contributed by atoms with Crippen molar-refractivity contribution in [2.75, 3.05) is 24.2 Å². The molecule has 1 aromatic carbocycles. The molecule has 3 heterocycles. The number of para-hydroxylation sites is 1. The van der Waals surface area contributed by atoms with E-state index in [9.17, 15) is 4.79 Å². The Labute approximate surface area is 164 Å². The van der Waals surface area contributed by atoms with Gasteiger partial charge in [-0.1, -0.05) is 12.1 Å². The summed E-state index contributed by atoms with van der Waals surface area (Å²) in [6.45, 7) is -2.69. The number of aromatic nitrogens is 3. The molecule has 0 radical (unpaired) electrons. The number of fused-ring (bicyclic) bond motifs is 3. The molecule has 0 spiro atoms. The molecule has 1 amide bonds. The predicted octanol–water partition coefficient (Wildman–Crippen LogP) is 3.08. The number of aryl methyl sites for hydroxylation is 1. The first-order valence-corrected chi connectivity index (χ1v) is 8.32. The van der Waals surface area contributed by atoms with Gasteiger partial charge in [0.1, 0.15) is 5.69 Å². The zero-order chi connectivity index (χ0) is 22.6. The van der Waals surface area contributed by atoms with Crippen molar-refractivity contribution in [3.05, 3.63) is 54.0 Å². The van der Waals surface area contributed by atoms with Gasteiger partial charge in [0.05, 0.1) is 28.2 Å². The third-order valence-electron chi connectivity index (χ3n) is 4.65. The minimum atomic E-state index is -3.31. The number of hydrogen-bond donors (Lipinski definition) is 2. The molecule has 7 nitrogen and oxygen atoms in total. The van der Waals surface area contributed by atoms with Crippen LogP contribution in [0.4, 0.5) is 25.8 Å². The lowest BCUT2D eigenvalue weighted by Gasteiger charge is -2.36. The number of benzene rings is 1. The predicted molar refractivity (Wildman–Crippen MR) is 102 cm³/mol. The molecule has 9 heteroatoms. The molecule has 0 fully saturated rings. The van der Waals surface area contributed by atoms with E-state index in [0.717, 1.165) is 4.90 Å². The SMILES string of the molecule is [2H]C([2H])([2H])NC(=O)c1cnccc1Nc1cccc2c1N(C)C(F)(F)c1cn(C)nc1-2. The molecule has 4 rings (SSSR count). The number of anilines is 3. The Morgan fingerprint density at radius 2 is 2.07 bits per heavy atom. The van der Waals surface area contributed by atoms with Gasteiger partial charge in [-0.2, -0.15) is 13.9 Å². The van der Waals surface area contributed by atoms with Gasteiger partial charge < -0.3 is 15.5 Å². The van der Waals surface area contributed by atoms with Crippen LogP contribution in [-0.2, 0) is 13.1 Å². The molecular formula is C19H18F2N6O. The molecule has 0 unspecified atom stereocenters. The highest BCUT2D eigenvalue weighted by atomic mass is 19.3. The van der Waals surface area contributed by atoms with Crippen molar-refractivity contribution >= 4 is 23.0 Å². The van der Waals surface area contributed by atoms with Crippen LogP contribution in [0.2, 0.25) is 0 Å². The number of pyridine rings is 1. The van der Waals surface area contributed by atoms with Gasteiger partial charge in [-0.3, -0.25) is 14.5 Å². The minimum Gasteiger partial charge on any atom is -0.355 e. The van der Waals surface area contributed by atoms with Crippen LogP contribution in [0.15, 0.2) is 42.9 Å². The molecule has 2 N–H and O–H groups in total. The lowest BCUT2D eigenvalue weighted by molar-refractivity contribution is -0.00335. The molecular weight excluding hydrogens is 366 g/mol. The maximum absolute atomic E-state index is 15.1. The smallest absolute Gasteiger partial charge is 0.355 e. The lowest BCUT2D eigenvalue weighted by atomic mass is 9.97. The minimum absolute atomic E-state index is 0.0417. The number of carbonyl (C=O) groups excluding carboxylic acids is 1. The Bertz CT molecular complexity index is 1180. The highest BCUT2D eigenvalue weighted by molar-refractivity contribution is 6.01. The number of halogens is 2. The Kier molecular flexibility index (Phi) is 3.27. The van der Waals surface area contributed by atoms with E-state index in [0.29, 0.717) is 11.3 Å². The highest BCUT2D eigenvalue weighted by Crippen LogP contribution is 2.51. The molecule has 144 valence electrons. The molecule has 1 aliphatic heterocycles. The van der Waals surface area contributed by atoms with Gasteiger partial charge in [0, 0.05) is 49.3 Å². The van der Waals surface area contributed by atoms with Gasteiger partial charge in [-0.05, 0) is 12.1 Å². The number of hydrogen-bond acceptors (Lipinski definition) is 5. The van der Waals surface area contributed by atoms with E-state index >= 15 is 8.78 Å². The van der Waals surface area contributed by atoms with E-state index < -0.39 is 18.9 Å². The van der Waals surface area contributed by atoms with E-state index in [4.69, 9.17) is 4.11 Å². The Morgan fingerprint density at radius 3 is 2.86 bits per heavy atom. The van der Waals surface area contributed by atoms with Crippen molar-refractivity contribution in [3.63, 3.8) is 0 Å². The second-order valence-electron chi connectivity index (χ2n) is 6.37. The molecule has 0 atom stereocenters. The largest absolute Gasteiger partial charge is 0.356 e. The Morgan fingerprint density at radius 1 is 1.25 bits per heavy atom. The highest BCUT2D eigenvalue weighted by Gasteiger charge is 2.47. The fourth-order valence-electron chi connectivity index (χ4n) is 3.32. The van der Waals surface area contributed by atoms with Crippen LogP contribution < -0.4 is 15.5 Å². The van der Waals surface area contributed by atoms with Crippen molar-refractivity contribution in [3.8, 4) is 11.3 Å². The summed E-state index contributed by atoms with van der Waals surface area (Å²) in [5.41, 5.74) is 1.12. The fraction of sp³-hybridized carbons (Fsp3) is 0.211. The van der Waals surface area contributed by atoms with Crippen LogP contribution in [0.25, 0.3) is 11.3 Å². The summed E-state index contributed by atoms with van der Waals surface area (Å²) in [5.74, 6) is -0.869. The zero-order valence-electron chi connectivity index (χ0n) is 18.0. The molecule has 2 aromatic heterocycles. The first-order valence-electron chi connectivity index (χ1n) is 9.82. The van der Waals surface area contributed by atoms with Crippen LogP contribution in [0.3, 0.4) is 0 Å². The number of nitrogens with zero attached hydrogens (tertiary/aromatic N) is 4. The van der Waals surface area contributed by atoms with Gasteiger partial charge in [0.15, 0.2) is 0 Å². The number of amides is 1. The van der Waals surface area contributed by atoms with Gasteiger partial charge >= 0.3 is 6.05 Å². The van der Waals surface area contributed by atoms with Crippen LogP contribution >= 0.6 is 0 Å². The zero-order valence-corrected chi connectivity index (χ0v) is 15.0. The number of carbonyl (C=O) groups is 1. The van der Waals surface area contributed by atoms with E-state index in [2.05, 4.69) is 15.4 Å². The second-order valence-corrected chi connectivity index (χ2v) is 6.37. The van der Waals surface area contributed by atoms with Gasteiger partial charge in [0.25, 0.3) is 5.91 Å². The maximum atomic E-state index is 15.1. The summed E-state index contributed by atoms with van der Waals surface area (Å²) in [5, 5.41) is 9.08. The maximum Gasteiger partial charge on any atom is 0.356 e. The molecule has 0 bridgehead atoms. The van der Waals surface area contributed by atoms with E-state index in [1.807, 2.05) is 5.32 Å². The number of nitrogens with one attached hydrogen (secondary N) is 2. The first-order chi connectivity index (χ1) is 14.5. The van der Waals surface area contributed by atoms with Gasteiger partial charge in [-0.15, -0.1) is 0 Å². The Hall–Kier alpha value is -3.49. The molecule has 1 aliphatic rings. The summed E-state index contributed by atoms with van der Waals surface area (Å²) in [4.78, 5) is 17.1. The molecule has 0 saturated heterocycles. The quantitative estimate of drug-likeness (QED) is 0.676. The van der Waals surface area contributed by atoms with Crippen molar-refractivity contribution in [1.29, 1.82) is 0 Å². The Balaban J connectivity index is 1.80. The van der Waals surface area contributed by atoms with Crippen LogP contribution in [0.1, 0.15) is 20.0 Å². The third-order valence-corrected chi connectivity index (χ3v) is 4.65. The summed E-state index contributed by atoms with van der Waals surface area (Å²) in [6.07, 6.45) is 3.89. The van der Waals surface area contributed by atoms with E-state index in [1.54, 1.807) is 25.2 Å². The number of rotatable bonds is 3. The number of alkyl halides is 2. The molecule has 0 saturated carbocycles. The van der Waals surface area contributed by atoms with Crippen molar-refractivity contribution in [2.24, 2.45) is 7.05 Å². The van der Waals surface area contributed by atoms with Gasteiger partial charge in [-0.25, -0.2) is 0 Å². The summed E-state index contributed by atoms with van der Waals surface area (Å²) < 4.78 is 53.2. The van der Waals surface area contributed by atoms with Crippen LogP contribution in [0, 0.1) is 0 Å². The lowest BCUT2D eigenvalue weighted by Crippen LogP contribution is -2.39. The molecule has 28 heavy (non-hydrogen) atoms. The van der Waals surface area contributed by atoms with Crippen molar-refractivity contribution in [2.45, 2.75) is 6.05 Å². The van der Waals surface area contributed by atoms with Gasteiger partial charge in [0.2, 0.25) is 0 Å². The average molecular weight is 387 g/mol. The summed E-state index contributed by atoms with van der Waals surface area (Å²) in [6, 6.07) is 3.10. The standard InChI is InChI=1S/C19H18F2N6O/c1-22-18(28)12-9-23-8-7-14(12)24-15-6-4-5-11-16-13(10-26(2)25-16)19(20,21)27(3)17(11)15/h4-10H,1-3H3,(H,22,28)(H,23,24)/i1D3. The topological polar surface area (TPSA) is 75.1 Å². The normalized spacial score (nSPS) is 16.3. The average Bonchev–Trinajstić information content (AvgIpc) is 3.08. The van der Waals surface area contributed by atoms with Crippen LogP contribution in [-0.4, -0.2) is 34.7 Å². The monoisotopic (exact) mass is 387 g/mol. The molecule has 3 aromatic rings. The van der Waals surface area contributed by atoms with E-state index in [-0.39, 0.29) is 28.2 Å². The molecule has 0 aliphatic carbocycles. The third kappa shape index (κ3) is 2.58. The van der Waals surface area contributed by atoms with Crippen molar-refractivity contribution < 1.29 is 17.7 Å². The van der Waals surface area contributed by atoms with Crippen LogP contribution in [0.5, 0.6) is 0 Å². The van der Waals surface area contributed by atoms with Crippen molar-refractivity contribution in [1.82, 2.24) is 20.1 Å². The van der Waals surface area contributed by atoms with E-state index in [1.165, 1.54) is 36.4 Å². The first kappa shape index (κ1) is 14.6.